The highest BCUT2D eigenvalue weighted by Crippen LogP contribution is 2.41. The number of carbonyl (C=O) groups is 2. The Morgan fingerprint density at radius 2 is 2.08 bits per heavy atom. The second-order valence-electron chi connectivity index (χ2n) is 4.80. The van der Waals surface area contributed by atoms with Crippen LogP contribution in [0, 0.1) is 0 Å². The molecule has 11 heteroatoms. The van der Waals surface area contributed by atoms with E-state index >= 15 is 0 Å². The summed E-state index contributed by atoms with van der Waals surface area (Å²) in [6.45, 7) is 0. The first-order valence-corrected chi connectivity index (χ1v) is 9.85. The van der Waals surface area contributed by atoms with Crippen LogP contribution in [0.4, 0.5) is 0 Å². The van der Waals surface area contributed by atoms with Crippen molar-refractivity contribution in [3.8, 4) is 0 Å². The highest BCUT2D eigenvalue weighted by atomic mass is 79.9. The molecule has 0 bridgehead atoms. The fourth-order valence-corrected chi connectivity index (χ4v) is 6.60. The van der Waals surface area contributed by atoms with Crippen LogP contribution >= 0.6 is 38.9 Å². The van der Waals surface area contributed by atoms with Crippen LogP contribution in [0.2, 0.25) is 0 Å². The number of allylic oxidation sites excluding steroid dienone is 2. The molecule has 0 aliphatic heterocycles. The Hall–Kier alpha value is -1.20. The number of primary amides is 1. The van der Waals surface area contributed by atoms with Crippen molar-refractivity contribution in [3.05, 3.63) is 38.7 Å². The van der Waals surface area contributed by atoms with E-state index in [2.05, 4.69) is 21.2 Å². The van der Waals surface area contributed by atoms with Crippen LogP contribution in [-0.2, 0) is 19.4 Å². The van der Waals surface area contributed by atoms with Crippen molar-refractivity contribution >= 4 is 60.5 Å². The Balaban J connectivity index is 2.73. The van der Waals surface area contributed by atoms with Crippen molar-refractivity contribution in [2.75, 3.05) is 7.05 Å². The lowest BCUT2D eigenvalue weighted by Gasteiger charge is -2.34. The van der Waals surface area contributed by atoms with Crippen molar-refractivity contribution in [2.24, 2.45) is 5.73 Å². The molecule has 0 aromatic carbocycles. The zero-order chi connectivity index (χ0) is 18.3. The third kappa shape index (κ3) is 2.72. The number of halogens is 2. The lowest BCUT2D eigenvalue weighted by atomic mass is 9.88. The second kappa shape index (κ2) is 6.60. The lowest BCUT2D eigenvalue weighted by Crippen LogP contribution is -2.59. The summed E-state index contributed by atoms with van der Waals surface area (Å²) in [6.07, 6.45) is -0.0695. The number of nitrogens with two attached hydrogens (primary N) is 1. The number of hydrogen-bond donors (Lipinski definition) is 3. The van der Waals surface area contributed by atoms with Gasteiger partial charge in [-0.15, -0.1) is 11.3 Å². The van der Waals surface area contributed by atoms with Gasteiger partial charge in [-0.25, -0.2) is 8.42 Å². The van der Waals surface area contributed by atoms with Crippen LogP contribution in [0.3, 0.4) is 0 Å². The maximum absolute atomic E-state index is 13.0. The fraction of sp³-hybridized carbons (Fsp3) is 0.231. The molecule has 2 unspecified atom stereocenters. The second-order valence-corrected chi connectivity index (χ2v) is 10.0. The summed E-state index contributed by atoms with van der Waals surface area (Å²) in [5, 5.41) is 12.6. The number of sulfone groups is 1. The van der Waals surface area contributed by atoms with Crippen LogP contribution in [0.25, 0.3) is 0 Å². The fourth-order valence-electron chi connectivity index (χ4n) is 2.28. The molecule has 4 N–H and O–H groups in total. The predicted molar refractivity (Wildman–Crippen MR) is 93.2 cm³/mol. The number of nitrogens with one attached hydrogen (secondary N) is 1. The molecular weight excluding hydrogens is 444 g/mol. The first kappa shape index (κ1) is 19.1. The Bertz CT molecular complexity index is 877. The Labute approximate surface area is 155 Å². The van der Waals surface area contributed by atoms with Crippen LogP contribution in [0.5, 0.6) is 0 Å². The summed E-state index contributed by atoms with van der Waals surface area (Å²) in [4.78, 5) is 24.1. The standard InChI is InChI=1S/C13H12BrClN2O5S2/c1-17-11(19)9-6(15)4-5-13(10(9)18,12(16)20)24(21,22)8-3-2-7(14)23-8/h2-5,10,18H,1H3,(H2,16,20)(H,17,19). The van der Waals surface area contributed by atoms with Crippen molar-refractivity contribution in [2.45, 2.75) is 15.1 Å². The SMILES string of the molecule is CNC(=O)C1=C(Cl)C=CC(C(N)=O)(S(=O)(=O)c2ccc(Br)s2)C1O. The first-order valence-electron chi connectivity index (χ1n) is 6.38. The molecule has 0 spiro atoms. The topological polar surface area (TPSA) is 127 Å². The smallest absolute Gasteiger partial charge is 0.251 e. The molecule has 24 heavy (non-hydrogen) atoms. The third-order valence-electron chi connectivity index (χ3n) is 3.53. The van der Waals surface area contributed by atoms with Crippen molar-refractivity contribution in [1.29, 1.82) is 0 Å². The van der Waals surface area contributed by atoms with E-state index < -0.39 is 38.1 Å². The maximum atomic E-state index is 13.0. The minimum atomic E-state index is -4.44. The van der Waals surface area contributed by atoms with Crippen molar-refractivity contribution in [1.82, 2.24) is 5.32 Å². The van der Waals surface area contributed by atoms with Gasteiger partial charge in [0, 0.05) is 7.05 Å². The van der Waals surface area contributed by atoms with Gasteiger partial charge in [-0.1, -0.05) is 11.6 Å². The Morgan fingerprint density at radius 3 is 2.54 bits per heavy atom. The highest BCUT2D eigenvalue weighted by Gasteiger charge is 2.58. The number of aliphatic hydroxyl groups is 1. The molecule has 0 fully saturated rings. The van der Waals surface area contributed by atoms with E-state index in [4.69, 9.17) is 17.3 Å². The summed E-state index contributed by atoms with van der Waals surface area (Å²) < 4.78 is 23.8. The normalized spacial score (nSPS) is 24.1. The van der Waals surface area contributed by atoms with E-state index in [9.17, 15) is 23.1 Å². The van der Waals surface area contributed by atoms with Gasteiger partial charge in [0.15, 0.2) is 0 Å². The minimum Gasteiger partial charge on any atom is -0.386 e. The molecule has 1 aromatic rings. The Kier molecular flexibility index (Phi) is 5.26. The summed E-state index contributed by atoms with van der Waals surface area (Å²) in [7, 11) is -3.17. The van der Waals surface area contributed by atoms with Gasteiger partial charge in [-0.05, 0) is 40.2 Å². The number of likely N-dealkylation sites (N-methyl/N-ethyl adjacent to an activating group) is 1. The zero-order valence-corrected chi connectivity index (χ0v) is 16.1. The van der Waals surface area contributed by atoms with E-state index in [1.165, 1.54) is 19.2 Å². The molecule has 2 rings (SSSR count). The molecule has 1 aliphatic rings. The summed E-state index contributed by atoms with van der Waals surface area (Å²) in [5.74, 6) is -2.13. The van der Waals surface area contributed by atoms with E-state index in [0.717, 1.165) is 23.5 Å². The summed E-state index contributed by atoms with van der Waals surface area (Å²) >= 11 is 9.89. The number of amides is 2. The van der Waals surface area contributed by atoms with Crippen LogP contribution in [0.15, 0.2) is 42.9 Å². The maximum Gasteiger partial charge on any atom is 0.251 e. The summed E-state index contributed by atoms with van der Waals surface area (Å²) in [6, 6.07) is 2.75. The Morgan fingerprint density at radius 1 is 1.46 bits per heavy atom. The van der Waals surface area contributed by atoms with E-state index in [-0.39, 0.29) is 9.24 Å². The molecule has 0 saturated heterocycles. The van der Waals surface area contributed by atoms with Gasteiger partial charge in [-0.3, -0.25) is 9.59 Å². The zero-order valence-electron chi connectivity index (χ0n) is 12.1. The average molecular weight is 456 g/mol. The molecule has 2 amide bonds. The van der Waals surface area contributed by atoms with Gasteiger partial charge in [0.2, 0.25) is 20.5 Å². The first-order chi connectivity index (χ1) is 11.1. The van der Waals surface area contributed by atoms with Gasteiger partial charge in [0.1, 0.15) is 10.3 Å². The number of hydrogen-bond acceptors (Lipinski definition) is 6. The molecule has 0 radical (unpaired) electrons. The van der Waals surface area contributed by atoms with Crippen LogP contribution in [0.1, 0.15) is 0 Å². The molecular formula is C13H12BrClN2O5S2. The van der Waals surface area contributed by atoms with Gasteiger partial charge in [0.25, 0.3) is 5.91 Å². The number of rotatable bonds is 4. The van der Waals surface area contributed by atoms with E-state index in [1.54, 1.807) is 0 Å². The van der Waals surface area contributed by atoms with Crippen LogP contribution in [-0.4, -0.2) is 43.2 Å². The molecule has 1 heterocycles. The monoisotopic (exact) mass is 454 g/mol. The van der Waals surface area contributed by atoms with Crippen LogP contribution < -0.4 is 11.1 Å². The van der Waals surface area contributed by atoms with Gasteiger partial charge >= 0.3 is 0 Å². The third-order valence-corrected chi connectivity index (χ3v) is 8.30. The molecule has 0 saturated carbocycles. The molecule has 7 nitrogen and oxygen atoms in total. The van der Waals surface area contributed by atoms with E-state index in [1.807, 2.05) is 0 Å². The van der Waals surface area contributed by atoms with Crippen molar-refractivity contribution in [3.63, 3.8) is 0 Å². The molecule has 1 aromatic heterocycles. The number of aliphatic hydroxyl groups excluding tert-OH is 1. The molecule has 2 atom stereocenters. The highest BCUT2D eigenvalue weighted by molar-refractivity contribution is 9.11. The number of carbonyl (C=O) groups excluding carboxylic acids is 2. The summed E-state index contributed by atoms with van der Waals surface area (Å²) in [5.41, 5.74) is 4.89. The molecule has 1 aliphatic carbocycles. The quantitative estimate of drug-likeness (QED) is 0.615. The predicted octanol–water partition coefficient (Wildman–Crippen LogP) is 0.678. The van der Waals surface area contributed by atoms with Gasteiger partial charge < -0.3 is 16.2 Å². The van der Waals surface area contributed by atoms with Gasteiger partial charge in [0.05, 0.1) is 14.4 Å². The number of thiophene rings is 1. The largest absolute Gasteiger partial charge is 0.386 e. The lowest BCUT2D eigenvalue weighted by molar-refractivity contribution is -0.122. The van der Waals surface area contributed by atoms with Crippen molar-refractivity contribution < 1.29 is 23.1 Å². The minimum absolute atomic E-state index is 0.179. The average Bonchev–Trinajstić information content (AvgIpc) is 2.94. The molecule has 130 valence electrons. The van der Waals surface area contributed by atoms with E-state index in [0.29, 0.717) is 3.79 Å². The van der Waals surface area contributed by atoms with Gasteiger partial charge in [-0.2, -0.15) is 0 Å².